The molecule has 3 rings (SSSR count). The average molecular weight is 395 g/mol. The lowest BCUT2D eigenvalue weighted by Crippen LogP contribution is -2.24. The van der Waals surface area contributed by atoms with Gasteiger partial charge < -0.3 is 5.32 Å². The van der Waals surface area contributed by atoms with Crippen molar-refractivity contribution in [1.29, 1.82) is 0 Å². The van der Waals surface area contributed by atoms with Crippen LogP contribution >= 0.6 is 11.6 Å². The van der Waals surface area contributed by atoms with Crippen molar-refractivity contribution < 1.29 is 18.5 Å². The molecule has 1 aromatic heterocycles. The van der Waals surface area contributed by atoms with Gasteiger partial charge in [-0.2, -0.15) is 4.68 Å². The third kappa shape index (κ3) is 3.87. The van der Waals surface area contributed by atoms with Gasteiger partial charge in [-0.05, 0) is 34.7 Å². The molecule has 138 valence electrons. The second-order valence-corrected chi connectivity index (χ2v) is 5.62. The molecule has 0 atom stereocenters. The maximum absolute atomic E-state index is 13.4. The first-order chi connectivity index (χ1) is 12.9. The van der Waals surface area contributed by atoms with Gasteiger partial charge in [0.1, 0.15) is 5.02 Å². The largest absolute Gasteiger partial charge is 0.345 e. The number of hydrogen-bond donors (Lipinski definition) is 1. The van der Waals surface area contributed by atoms with E-state index in [-0.39, 0.29) is 28.6 Å². The Balaban J connectivity index is 1.77. The molecule has 0 spiro atoms. The molecule has 1 heterocycles. The number of nitrogens with one attached hydrogen (secondary N) is 1. The van der Waals surface area contributed by atoms with Gasteiger partial charge in [0, 0.05) is 17.7 Å². The van der Waals surface area contributed by atoms with Gasteiger partial charge in [-0.25, -0.2) is 8.78 Å². The minimum Gasteiger partial charge on any atom is -0.345 e. The van der Waals surface area contributed by atoms with Crippen molar-refractivity contribution >= 4 is 23.2 Å². The molecule has 3 aromatic rings. The van der Waals surface area contributed by atoms with Crippen LogP contribution in [0.15, 0.2) is 36.4 Å². The number of tetrazole rings is 1. The van der Waals surface area contributed by atoms with E-state index in [2.05, 4.69) is 20.8 Å². The molecule has 0 saturated heterocycles. The lowest BCUT2D eigenvalue weighted by atomic mass is 10.2. The summed E-state index contributed by atoms with van der Waals surface area (Å²) in [5, 5.41) is 24.1. The minimum absolute atomic E-state index is 0.0120. The fourth-order valence-electron chi connectivity index (χ4n) is 2.19. The first-order valence-corrected chi connectivity index (χ1v) is 7.69. The smallest absolute Gasteiger partial charge is 0.288 e. The van der Waals surface area contributed by atoms with Crippen LogP contribution < -0.4 is 5.32 Å². The third-order valence-electron chi connectivity index (χ3n) is 3.49. The molecular weight excluding hydrogens is 386 g/mol. The minimum atomic E-state index is -1.08. The summed E-state index contributed by atoms with van der Waals surface area (Å²) in [6.07, 6.45) is 0. The van der Waals surface area contributed by atoms with E-state index in [9.17, 15) is 23.7 Å². The van der Waals surface area contributed by atoms with Crippen molar-refractivity contribution in [3.8, 4) is 5.69 Å². The molecule has 0 unspecified atom stereocenters. The van der Waals surface area contributed by atoms with Crippen molar-refractivity contribution in [2.45, 2.75) is 6.54 Å². The Morgan fingerprint density at radius 1 is 1.22 bits per heavy atom. The van der Waals surface area contributed by atoms with E-state index < -0.39 is 28.2 Å². The third-order valence-corrected chi connectivity index (χ3v) is 3.81. The first-order valence-electron chi connectivity index (χ1n) is 7.31. The highest BCUT2D eigenvalue weighted by atomic mass is 35.5. The summed E-state index contributed by atoms with van der Waals surface area (Å²) in [5.41, 5.74) is -0.237. The zero-order chi connectivity index (χ0) is 19.6. The standard InChI is InChI=1S/C15H9ClF2N6O3/c16-10-3-1-8(5-13(10)24(26)27)15(25)19-7-14-20-21-22-23(14)9-2-4-11(17)12(18)6-9/h1-6H,7H2,(H,19,25). The van der Waals surface area contributed by atoms with Crippen LogP contribution in [0.3, 0.4) is 0 Å². The Labute approximate surface area is 154 Å². The topological polar surface area (TPSA) is 116 Å². The number of carbonyl (C=O) groups excluding carboxylic acids is 1. The van der Waals surface area contributed by atoms with Crippen LogP contribution in [-0.4, -0.2) is 31.0 Å². The van der Waals surface area contributed by atoms with Crippen molar-refractivity contribution in [3.05, 3.63) is 74.6 Å². The molecule has 0 aliphatic rings. The molecule has 0 aliphatic heterocycles. The molecule has 1 amide bonds. The van der Waals surface area contributed by atoms with Crippen LogP contribution in [0.5, 0.6) is 0 Å². The number of amides is 1. The van der Waals surface area contributed by atoms with Crippen molar-refractivity contribution in [3.63, 3.8) is 0 Å². The van der Waals surface area contributed by atoms with E-state index in [0.29, 0.717) is 0 Å². The predicted octanol–water partition coefficient (Wildman–Crippen LogP) is 2.43. The van der Waals surface area contributed by atoms with E-state index in [1.54, 1.807) is 0 Å². The summed E-state index contributed by atoms with van der Waals surface area (Å²) in [6, 6.07) is 6.68. The molecule has 0 fully saturated rings. The molecular formula is C15H9ClF2N6O3. The number of rotatable bonds is 5. The zero-order valence-electron chi connectivity index (χ0n) is 13.3. The number of nitro benzene ring substituents is 1. The molecule has 1 N–H and O–H groups in total. The monoisotopic (exact) mass is 394 g/mol. The highest BCUT2D eigenvalue weighted by Crippen LogP contribution is 2.25. The van der Waals surface area contributed by atoms with Crippen molar-refractivity contribution in [2.24, 2.45) is 0 Å². The van der Waals surface area contributed by atoms with Crippen LogP contribution in [-0.2, 0) is 6.54 Å². The van der Waals surface area contributed by atoms with Crippen molar-refractivity contribution in [2.75, 3.05) is 0 Å². The number of halogens is 3. The Morgan fingerprint density at radius 3 is 2.70 bits per heavy atom. The summed E-state index contributed by atoms with van der Waals surface area (Å²) in [4.78, 5) is 22.4. The van der Waals surface area contributed by atoms with Gasteiger partial charge in [0.05, 0.1) is 17.2 Å². The second-order valence-electron chi connectivity index (χ2n) is 5.21. The number of carbonyl (C=O) groups is 1. The number of hydrogen-bond acceptors (Lipinski definition) is 6. The normalized spacial score (nSPS) is 10.6. The maximum Gasteiger partial charge on any atom is 0.288 e. The van der Waals surface area contributed by atoms with Crippen LogP contribution in [0, 0.1) is 21.7 Å². The number of benzene rings is 2. The highest BCUT2D eigenvalue weighted by Gasteiger charge is 2.17. The van der Waals surface area contributed by atoms with Crippen LogP contribution in [0.4, 0.5) is 14.5 Å². The average Bonchev–Trinajstić information content (AvgIpc) is 3.10. The molecule has 0 aliphatic carbocycles. The Kier molecular flexibility index (Phi) is 5.03. The zero-order valence-corrected chi connectivity index (χ0v) is 14.0. The Hall–Kier alpha value is -3.47. The second kappa shape index (κ2) is 7.41. The summed E-state index contributed by atoms with van der Waals surface area (Å²) in [5.74, 6) is -2.59. The quantitative estimate of drug-likeness (QED) is 0.525. The Bertz CT molecular complexity index is 1040. The summed E-state index contributed by atoms with van der Waals surface area (Å²) >= 11 is 5.71. The summed E-state index contributed by atoms with van der Waals surface area (Å²) < 4.78 is 27.5. The molecule has 0 radical (unpaired) electrons. The fourth-order valence-corrected chi connectivity index (χ4v) is 2.38. The van der Waals surface area contributed by atoms with E-state index in [1.165, 1.54) is 18.2 Å². The molecule has 0 saturated carbocycles. The highest BCUT2D eigenvalue weighted by molar-refractivity contribution is 6.32. The number of aromatic nitrogens is 4. The number of nitrogens with zero attached hydrogens (tertiary/aromatic N) is 5. The van der Waals surface area contributed by atoms with Crippen LogP contribution in [0.1, 0.15) is 16.2 Å². The summed E-state index contributed by atoms with van der Waals surface area (Å²) in [6.45, 7) is -0.165. The van der Waals surface area contributed by atoms with E-state index >= 15 is 0 Å². The van der Waals surface area contributed by atoms with E-state index in [1.807, 2.05) is 0 Å². The molecule has 2 aromatic carbocycles. The fraction of sp³-hybridized carbons (Fsp3) is 0.0667. The predicted molar refractivity (Wildman–Crippen MR) is 88.3 cm³/mol. The first kappa shape index (κ1) is 18.3. The lowest BCUT2D eigenvalue weighted by molar-refractivity contribution is -0.384. The molecule has 0 bridgehead atoms. The van der Waals surface area contributed by atoms with E-state index in [0.717, 1.165) is 22.9 Å². The van der Waals surface area contributed by atoms with Gasteiger partial charge in [-0.1, -0.05) is 11.6 Å². The van der Waals surface area contributed by atoms with Crippen LogP contribution in [0.2, 0.25) is 5.02 Å². The van der Waals surface area contributed by atoms with Crippen molar-refractivity contribution in [1.82, 2.24) is 25.5 Å². The van der Waals surface area contributed by atoms with Gasteiger partial charge in [0.2, 0.25) is 0 Å². The van der Waals surface area contributed by atoms with Gasteiger partial charge in [-0.15, -0.1) is 5.10 Å². The number of nitro groups is 1. The Morgan fingerprint density at radius 2 is 2.00 bits per heavy atom. The van der Waals surface area contributed by atoms with Crippen LogP contribution in [0.25, 0.3) is 5.69 Å². The van der Waals surface area contributed by atoms with Gasteiger partial charge in [0.15, 0.2) is 17.5 Å². The molecule has 9 nitrogen and oxygen atoms in total. The van der Waals surface area contributed by atoms with Gasteiger partial charge in [0.25, 0.3) is 11.6 Å². The van der Waals surface area contributed by atoms with Gasteiger partial charge >= 0.3 is 0 Å². The SMILES string of the molecule is O=C(NCc1nnnn1-c1ccc(F)c(F)c1)c1ccc(Cl)c([N+](=O)[O-])c1. The van der Waals surface area contributed by atoms with E-state index in [4.69, 9.17) is 11.6 Å². The molecule has 27 heavy (non-hydrogen) atoms. The molecule has 12 heteroatoms. The van der Waals surface area contributed by atoms with Gasteiger partial charge in [-0.3, -0.25) is 14.9 Å². The maximum atomic E-state index is 13.4. The summed E-state index contributed by atoms with van der Waals surface area (Å²) in [7, 11) is 0. The lowest BCUT2D eigenvalue weighted by Gasteiger charge is -2.07.